The van der Waals surface area contributed by atoms with E-state index in [1.54, 1.807) is 24.3 Å². The summed E-state index contributed by atoms with van der Waals surface area (Å²) in [4.78, 5) is 13.1. The van der Waals surface area contributed by atoms with Gasteiger partial charge in [-0.2, -0.15) is 0 Å². The van der Waals surface area contributed by atoms with Gasteiger partial charge in [-0.05, 0) is 30.5 Å². The van der Waals surface area contributed by atoms with Gasteiger partial charge in [-0.25, -0.2) is 0 Å². The van der Waals surface area contributed by atoms with Crippen molar-refractivity contribution < 1.29 is 13.6 Å². The van der Waals surface area contributed by atoms with Gasteiger partial charge in [0.2, 0.25) is 0 Å². The first-order valence-electron chi connectivity index (χ1n) is 6.09. The molecule has 3 aromatic rings. The molecule has 0 aliphatic heterocycles. The fourth-order valence-electron chi connectivity index (χ4n) is 1.77. The molecule has 0 aliphatic rings. The van der Waals surface area contributed by atoms with Crippen LogP contribution in [0.2, 0.25) is 0 Å². The minimum Gasteiger partial charge on any atom is -0.459 e. The number of carbonyl (C=O) groups excluding carboxylic acids is 1. The van der Waals surface area contributed by atoms with E-state index in [4.69, 9.17) is 8.83 Å². The lowest BCUT2D eigenvalue weighted by Gasteiger charge is -2.05. The maximum absolute atomic E-state index is 12.2. The maximum Gasteiger partial charge on any atom is 0.322 e. The lowest BCUT2D eigenvalue weighted by Crippen LogP contribution is -2.13. The van der Waals surface area contributed by atoms with Gasteiger partial charge in [0.25, 0.3) is 11.8 Å². The summed E-state index contributed by atoms with van der Waals surface area (Å²) in [7, 11) is 0. The Bertz CT molecular complexity index is 752. The van der Waals surface area contributed by atoms with Crippen LogP contribution < -0.4 is 5.32 Å². The summed E-state index contributed by atoms with van der Waals surface area (Å²) in [6.07, 6.45) is 3.42. The smallest absolute Gasteiger partial charge is 0.322 e. The number of furan rings is 1. The molecule has 3 rings (SSSR count). The van der Waals surface area contributed by atoms with E-state index in [2.05, 4.69) is 15.5 Å². The summed E-state index contributed by atoms with van der Waals surface area (Å²) in [6, 6.07) is 10.7. The summed E-state index contributed by atoms with van der Waals surface area (Å²) in [5, 5.41) is 10.2. The lowest BCUT2D eigenvalue weighted by molar-refractivity contribution is 0.102. The normalized spacial score (nSPS) is 10.5. The number of rotatable bonds is 4. The predicted molar refractivity (Wildman–Crippen MR) is 78.2 cm³/mol. The number of nitrogens with one attached hydrogen (secondary N) is 1. The predicted octanol–water partition coefficient (Wildman–Crippen LogP) is 3.30. The Kier molecular flexibility index (Phi) is 3.74. The first-order valence-corrected chi connectivity index (χ1v) is 7.32. The number of carbonyl (C=O) groups is 1. The van der Waals surface area contributed by atoms with Gasteiger partial charge in [-0.3, -0.25) is 10.1 Å². The lowest BCUT2D eigenvalue weighted by atomic mass is 10.2. The first kappa shape index (κ1) is 13.4. The van der Waals surface area contributed by atoms with Crippen LogP contribution >= 0.6 is 11.8 Å². The minimum absolute atomic E-state index is 0.0299. The van der Waals surface area contributed by atoms with Crippen molar-refractivity contribution in [1.29, 1.82) is 0 Å². The molecule has 2 heterocycles. The van der Waals surface area contributed by atoms with Crippen molar-refractivity contribution in [2.45, 2.75) is 4.90 Å². The summed E-state index contributed by atoms with van der Waals surface area (Å²) in [6.45, 7) is 0. The fraction of sp³-hybridized carbons (Fsp3) is 0.0714. The molecule has 1 amide bonds. The van der Waals surface area contributed by atoms with Crippen molar-refractivity contribution in [2.24, 2.45) is 0 Å². The highest BCUT2D eigenvalue weighted by Crippen LogP contribution is 2.23. The zero-order valence-corrected chi connectivity index (χ0v) is 11.9. The molecule has 0 fully saturated rings. The highest BCUT2D eigenvalue weighted by Gasteiger charge is 2.15. The number of hydrogen-bond acceptors (Lipinski definition) is 6. The van der Waals surface area contributed by atoms with E-state index < -0.39 is 0 Å². The second kappa shape index (κ2) is 5.84. The van der Waals surface area contributed by atoms with Crippen LogP contribution in [0.25, 0.3) is 11.7 Å². The highest BCUT2D eigenvalue weighted by atomic mass is 32.2. The molecule has 0 saturated carbocycles. The number of aromatic nitrogens is 2. The molecular weight excluding hydrogens is 290 g/mol. The number of anilines is 1. The summed E-state index contributed by atoms with van der Waals surface area (Å²) >= 11 is 1.50. The van der Waals surface area contributed by atoms with Crippen LogP contribution in [0.5, 0.6) is 0 Å². The van der Waals surface area contributed by atoms with Gasteiger partial charge in [-0.1, -0.05) is 17.2 Å². The van der Waals surface area contributed by atoms with E-state index >= 15 is 0 Å². The Balaban J connectivity index is 1.79. The molecule has 2 aromatic heterocycles. The highest BCUT2D eigenvalue weighted by molar-refractivity contribution is 7.98. The largest absolute Gasteiger partial charge is 0.459 e. The van der Waals surface area contributed by atoms with Gasteiger partial charge in [-0.15, -0.1) is 16.9 Å². The molecule has 6 nitrogen and oxygen atoms in total. The van der Waals surface area contributed by atoms with E-state index in [1.165, 1.54) is 18.0 Å². The van der Waals surface area contributed by atoms with E-state index in [0.29, 0.717) is 11.3 Å². The number of amides is 1. The molecule has 0 bridgehead atoms. The minimum atomic E-state index is -0.297. The van der Waals surface area contributed by atoms with Crippen molar-refractivity contribution in [1.82, 2.24) is 10.2 Å². The SMILES string of the molecule is CSc1ccccc1C(=O)Nc1nnc(-c2ccco2)o1. The Morgan fingerprint density at radius 3 is 2.81 bits per heavy atom. The zero-order valence-electron chi connectivity index (χ0n) is 11.1. The van der Waals surface area contributed by atoms with Gasteiger partial charge < -0.3 is 8.83 Å². The Morgan fingerprint density at radius 1 is 1.19 bits per heavy atom. The Labute approximate surface area is 124 Å². The van der Waals surface area contributed by atoms with E-state index in [-0.39, 0.29) is 17.8 Å². The van der Waals surface area contributed by atoms with Crippen LogP contribution in [0.15, 0.2) is 56.4 Å². The van der Waals surface area contributed by atoms with Gasteiger partial charge in [0, 0.05) is 4.90 Å². The number of thioether (sulfide) groups is 1. The molecule has 0 aliphatic carbocycles. The molecule has 1 aromatic carbocycles. The van der Waals surface area contributed by atoms with Gasteiger partial charge in [0.15, 0.2) is 5.76 Å². The van der Waals surface area contributed by atoms with Crippen molar-refractivity contribution in [3.63, 3.8) is 0 Å². The topological polar surface area (TPSA) is 81.2 Å². The molecule has 0 radical (unpaired) electrons. The van der Waals surface area contributed by atoms with Crippen molar-refractivity contribution >= 4 is 23.7 Å². The summed E-state index contributed by atoms with van der Waals surface area (Å²) < 4.78 is 10.5. The third kappa shape index (κ3) is 2.82. The van der Waals surface area contributed by atoms with Crippen LogP contribution in [-0.2, 0) is 0 Å². The number of hydrogen-bond donors (Lipinski definition) is 1. The Hall–Kier alpha value is -2.54. The fourth-order valence-corrected chi connectivity index (χ4v) is 2.37. The maximum atomic E-state index is 12.2. The van der Waals surface area contributed by atoms with Gasteiger partial charge in [0.1, 0.15) is 0 Å². The third-order valence-electron chi connectivity index (χ3n) is 2.73. The second-order valence-corrected chi connectivity index (χ2v) is 4.89. The summed E-state index contributed by atoms with van der Waals surface area (Å²) in [5.41, 5.74) is 0.558. The molecule has 0 unspecified atom stereocenters. The number of nitrogens with zero attached hydrogens (tertiary/aromatic N) is 2. The van der Waals surface area contributed by atoms with Crippen LogP contribution in [0.3, 0.4) is 0 Å². The van der Waals surface area contributed by atoms with Crippen molar-refractivity contribution in [2.75, 3.05) is 11.6 Å². The molecule has 0 spiro atoms. The molecule has 0 atom stereocenters. The van der Waals surface area contributed by atoms with Gasteiger partial charge in [0.05, 0.1) is 11.8 Å². The zero-order chi connectivity index (χ0) is 14.7. The molecule has 21 heavy (non-hydrogen) atoms. The van der Waals surface area contributed by atoms with E-state index in [0.717, 1.165) is 4.90 Å². The average Bonchev–Trinajstić information content (AvgIpc) is 3.17. The second-order valence-electron chi connectivity index (χ2n) is 4.04. The van der Waals surface area contributed by atoms with Crippen molar-refractivity contribution in [3.05, 3.63) is 48.2 Å². The van der Waals surface area contributed by atoms with Crippen molar-refractivity contribution in [3.8, 4) is 11.7 Å². The quantitative estimate of drug-likeness (QED) is 0.745. The van der Waals surface area contributed by atoms with Crippen LogP contribution in [0, 0.1) is 0 Å². The molecule has 0 saturated heterocycles. The Morgan fingerprint density at radius 2 is 2.05 bits per heavy atom. The van der Waals surface area contributed by atoms with E-state index in [9.17, 15) is 4.79 Å². The summed E-state index contributed by atoms with van der Waals surface area (Å²) in [5.74, 6) is 0.371. The monoisotopic (exact) mass is 301 g/mol. The average molecular weight is 301 g/mol. The molecular formula is C14H11N3O3S. The number of benzene rings is 1. The van der Waals surface area contributed by atoms with Crippen LogP contribution in [-0.4, -0.2) is 22.4 Å². The third-order valence-corrected chi connectivity index (χ3v) is 3.52. The molecule has 1 N–H and O–H groups in total. The standard InChI is InChI=1S/C14H11N3O3S/c1-21-11-7-3-2-5-9(11)12(18)15-14-17-16-13(20-14)10-6-4-8-19-10/h2-8H,1H3,(H,15,17,18). The molecule has 7 heteroatoms. The first-order chi connectivity index (χ1) is 10.3. The van der Waals surface area contributed by atoms with E-state index in [1.807, 2.05) is 18.4 Å². The van der Waals surface area contributed by atoms with Crippen LogP contribution in [0.4, 0.5) is 6.01 Å². The van der Waals surface area contributed by atoms with Gasteiger partial charge >= 0.3 is 6.01 Å². The van der Waals surface area contributed by atoms with Crippen LogP contribution in [0.1, 0.15) is 10.4 Å². The molecule has 106 valence electrons.